The molecular formula is C74H43B3N2O2. The Morgan fingerprint density at radius 3 is 1.01 bits per heavy atom. The maximum Gasteiger partial charge on any atom is 0.256 e. The first-order valence-electron chi connectivity index (χ1n) is 28.7. The quantitative estimate of drug-likeness (QED) is 0.141. The van der Waals surface area contributed by atoms with Crippen LogP contribution in [0.15, 0.2) is 188 Å². The first-order chi connectivity index (χ1) is 39.9. The van der Waals surface area contributed by atoms with E-state index in [1.54, 1.807) is 0 Å². The molecule has 0 atom stereocenters. The fourth-order valence-electron chi connectivity index (χ4n) is 17.4. The van der Waals surface area contributed by atoms with Gasteiger partial charge < -0.3 is 19.3 Å². The van der Waals surface area contributed by atoms with Crippen molar-refractivity contribution in [2.75, 3.05) is 9.80 Å². The molecule has 0 spiro atoms. The van der Waals surface area contributed by atoms with Crippen LogP contribution in [0.2, 0.25) is 0 Å². The summed E-state index contributed by atoms with van der Waals surface area (Å²) in [5.41, 5.74) is 45.0. The SMILES string of the molecule is Cc1ccc2c(c1)Oc1ccc3c4c1B2c1cc2c5c6c1N4c1c(cc(C)cc1C3=C1c3ccccc3-c3ccccc31)B6c1cc(C)cc3c1N5c1c(ccc4c1B2c1ccc(C)cc1O4)C3=C1c2ccccc2-c2ccccc21. The summed E-state index contributed by atoms with van der Waals surface area (Å²) in [6.45, 7) is 8.74. The summed E-state index contributed by atoms with van der Waals surface area (Å²) in [4.78, 5) is 5.52. The highest BCUT2D eigenvalue weighted by Gasteiger charge is 2.58. The summed E-state index contributed by atoms with van der Waals surface area (Å²) < 4.78 is 14.5. The van der Waals surface area contributed by atoms with Crippen LogP contribution in [0, 0.1) is 27.7 Å². The fraction of sp³-hybridized carbons (Fsp3) is 0.0541. The summed E-state index contributed by atoms with van der Waals surface area (Å²) >= 11 is 0. The van der Waals surface area contributed by atoms with Gasteiger partial charge in [-0.25, -0.2) is 0 Å². The van der Waals surface area contributed by atoms with Gasteiger partial charge in [-0.1, -0.05) is 151 Å². The predicted octanol–water partition coefficient (Wildman–Crippen LogP) is 11.5. The third-order valence-electron chi connectivity index (χ3n) is 20.1. The number of hydrogen-bond donors (Lipinski definition) is 0. The van der Waals surface area contributed by atoms with Crippen LogP contribution in [0.25, 0.3) is 44.5 Å². The molecule has 0 fully saturated rings. The minimum Gasteiger partial charge on any atom is -0.458 e. The van der Waals surface area contributed by atoms with E-state index in [2.05, 4.69) is 226 Å². The molecule has 7 heteroatoms. The average molecular weight is 1020 g/mol. The molecule has 11 aromatic rings. The van der Waals surface area contributed by atoms with Gasteiger partial charge in [0.25, 0.3) is 20.1 Å². The molecule has 0 amide bonds. The van der Waals surface area contributed by atoms with E-state index in [4.69, 9.17) is 9.47 Å². The minimum atomic E-state index is -0.102. The van der Waals surface area contributed by atoms with Crippen molar-refractivity contribution in [1.82, 2.24) is 0 Å². The topological polar surface area (TPSA) is 24.9 Å². The number of hydrogen-bond acceptors (Lipinski definition) is 4. The number of anilines is 6. The van der Waals surface area contributed by atoms with E-state index in [0.29, 0.717) is 0 Å². The average Bonchev–Trinajstić information content (AvgIpc) is 1.56. The van der Waals surface area contributed by atoms with Crippen molar-refractivity contribution >= 4 is 126 Å². The van der Waals surface area contributed by atoms with Crippen molar-refractivity contribution in [3.63, 3.8) is 0 Å². The number of benzene rings is 11. The zero-order valence-corrected chi connectivity index (χ0v) is 44.8. The summed E-state index contributed by atoms with van der Waals surface area (Å²) in [5, 5.41) is 0. The van der Waals surface area contributed by atoms with Crippen molar-refractivity contribution < 1.29 is 9.47 Å². The number of ether oxygens (including phenoxy) is 2. The number of fused-ring (bicyclic) bond motifs is 14. The van der Waals surface area contributed by atoms with E-state index in [-0.39, 0.29) is 20.1 Å². The van der Waals surface area contributed by atoms with Crippen LogP contribution in [-0.4, -0.2) is 20.1 Å². The van der Waals surface area contributed by atoms with E-state index in [0.717, 1.165) is 23.0 Å². The molecule has 0 aromatic heterocycles. The lowest BCUT2D eigenvalue weighted by Gasteiger charge is -2.55. The van der Waals surface area contributed by atoms with E-state index in [1.165, 1.54) is 195 Å². The summed E-state index contributed by atoms with van der Waals surface area (Å²) in [5.74, 6) is 3.76. The van der Waals surface area contributed by atoms with Crippen molar-refractivity contribution in [1.29, 1.82) is 0 Å². The molecule has 8 aliphatic heterocycles. The van der Waals surface area contributed by atoms with Crippen molar-refractivity contribution in [2.45, 2.75) is 27.7 Å². The summed E-state index contributed by atoms with van der Waals surface area (Å²) in [6.07, 6.45) is 0. The maximum absolute atomic E-state index is 7.25. The molecule has 0 radical (unpaired) electrons. The monoisotopic (exact) mass is 1020 g/mol. The highest BCUT2D eigenvalue weighted by Crippen LogP contribution is 2.62. The van der Waals surface area contributed by atoms with E-state index >= 15 is 0 Å². The van der Waals surface area contributed by atoms with Gasteiger partial charge in [0.15, 0.2) is 0 Å². The van der Waals surface area contributed by atoms with Crippen LogP contribution in [0.1, 0.15) is 66.8 Å². The lowest BCUT2D eigenvalue weighted by atomic mass is 9.25. The molecule has 0 N–H and O–H groups in total. The van der Waals surface area contributed by atoms with Crippen molar-refractivity contribution in [3.8, 4) is 45.3 Å². The van der Waals surface area contributed by atoms with Gasteiger partial charge in [-0.05, 0) is 192 Å². The van der Waals surface area contributed by atoms with Gasteiger partial charge in [0.2, 0.25) is 0 Å². The van der Waals surface area contributed by atoms with E-state index in [9.17, 15) is 0 Å². The Morgan fingerprint density at radius 2 is 0.605 bits per heavy atom. The molecule has 21 rings (SSSR count). The Morgan fingerprint density at radius 1 is 0.247 bits per heavy atom. The smallest absolute Gasteiger partial charge is 0.256 e. The van der Waals surface area contributed by atoms with Crippen LogP contribution in [0.5, 0.6) is 23.0 Å². The molecule has 370 valence electrons. The largest absolute Gasteiger partial charge is 0.458 e. The lowest BCUT2D eigenvalue weighted by molar-refractivity contribution is 0.487. The number of nitrogens with zero attached hydrogens (tertiary/aromatic N) is 2. The van der Waals surface area contributed by atoms with Gasteiger partial charge >= 0.3 is 0 Å². The Bertz CT molecular complexity index is 4690. The highest BCUT2D eigenvalue weighted by molar-refractivity contribution is 7.07. The van der Waals surface area contributed by atoms with Gasteiger partial charge in [0.05, 0.1) is 11.4 Å². The fourth-order valence-corrected chi connectivity index (χ4v) is 17.4. The first-order valence-corrected chi connectivity index (χ1v) is 28.7. The van der Waals surface area contributed by atoms with Crippen molar-refractivity contribution in [2.24, 2.45) is 0 Å². The lowest BCUT2D eigenvalue weighted by Crippen LogP contribution is -2.72. The predicted molar refractivity (Wildman–Crippen MR) is 336 cm³/mol. The zero-order valence-electron chi connectivity index (χ0n) is 44.8. The van der Waals surface area contributed by atoms with Gasteiger partial charge in [0, 0.05) is 56.1 Å². The Balaban J connectivity index is 0.974. The van der Waals surface area contributed by atoms with Gasteiger partial charge in [-0.15, -0.1) is 0 Å². The molecule has 0 saturated heterocycles. The second-order valence-corrected chi connectivity index (χ2v) is 24.4. The molecule has 8 heterocycles. The minimum absolute atomic E-state index is 0.0977. The molecule has 0 bridgehead atoms. The second-order valence-electron chi connectivity index (χ2n) is 24.4. The third-order valence-corrected chi connectivity index (χ3v) is 20.1. The zero-order chi connectivity index (χ0) is 52.7. The number of rotatable bonds is 0. The normalized spacial score (nSPS) is 15.4. The maximum atomic E-state index is 7.25. The van der Waals surface area contributed by atoms with Crippen LogP contribution >= 0.6 is 0 Å². The first kappa shape index (κ1) is 42.3. The number of aryl methyl sites for hydroxylation is 4. The molecule has 11 aromatic carbocycles. The molecule has 0 saturated carbocycles. The standard InChI is InChI=1S/C74H43B3N2O2/c1-36-21-25-52-60(33-36)80-58-27-23-48-64(62-44-17-9-5-13-40(44)41-14-6-10-18-45(41)62)50-29-38(3)31-54-69(50)78-71(48)66(58)75(52)56-35-57-74-68(73(56)78)77(54)55-32-39(4)30-51-65(63-46-19-11-7-15-42(46)43-16-8-12-20-47(43)63)49-24-28-59-67(72(49)79(74)70(51)55)76(57)53-26-22-37(2)34-61(53)81-59/h5-35H,1-4H3. The van der Waals surface area contributed by atoms with Crippen molar-refractivity contribution in [3.05, 3.63) is 255 Å². The van der Waals surface area contributed by atoms with E-state index < -0.39 is 0 Å². The van der Waals surface area contributed by atoms with Crippen LogP contribution in [0.4, 0.5) is 34.1 Å². The van der Waals surface area contributed by atoms with Crippen LogP contribution in [-0.2, 0) is 0 Å². The highest BCUT2D eigenvalue weighted by atomic mass is 16.5. The van der Waals surface area contributed by atoms with Gasteiger partial charge in [-0.3, -0.25) is 0 Å². The Labute approximate surface area is 470 Å². The molecule has 10 aliphatic rings. The summed E-state index contributed by atoms with van der Waals surface area (Å²) in [6, 6.07) is 72.5. The van der Waals surface area contributed by atoms with Gasteiger partial charge in [0.1, 0.15) is 23.0 Å². The van der Waals surface area contributed by atoms with Crippen LogP contribution in [0.3, 0.4) is 0 Å². The molecular weight excluding hydrogens is 981 g/mol. The molecule has 81 heavy (non-hydrogen) atoms. The summed E-state index contributed by atoms with van der Waals surface area (Å²) in [7, 11) is 0. The van der Waals surface area contributed by atoms with Crippen LogP contribution < -0.4 is 68.4 Å². The van der Waals surface area contributed by atoms with Gasteiger partial charge in [-0.2, -0.15) is 0 Å². The third kappa shape index (κ3) is 4.77. The molecule has 0 unspecified atom stereocenters. The van der Waals surface area contributed by atoms with E-state index in [1.807, 2.05) is 0 Å². The Hall–Kier alpha value is -9.71. The second kappa shape index (κ2) is 14.0. The molecule has 4 nitrogen and oxygen atoms in total. The molecule has 2 aliphatic carbocycles. The Kier molecular flexibility index (Phi) is 7.30.